The van der Waals surface area contributed by atoms with Crippen LogP contribution in [0.2, 0.25) is 5.02 Å². The number of rotatable bonds is 2. The van der Waals surface area contributed by atoms with Crippen molar-refractivity contribution in [1.29, 1.82) is 0 Å². The summed E-state index contributed by atoms with van der Waals surface area (Å²) >= 11 is 5.97. The Bertz CT molecular complexity index is 790. The summed E-state index contributed by atoms with van der Waals surface area (Å²) in [4.78, 5) is 14.5. The number of aromatic nitrogens is 1. The number of benzene rings is 1. The summed E-state index contributed by atoms with van der Waals surface area (Å²) in [5, 5.41) is 2.81. The van der Waals surface area contributed by atoms with E-state index in [-0.39, 0.29) is 17.1 Å². The SMILES string of the molecule is O=C(OC1NCc2cc(-c3c(Cl)ccnc3F)ccc21)C(F)(F)F. The van der Waals surface area contributed by atoms with Gasteiger partial charge in [0.05, 0.1) is 10.6 Å². The van der Waals surface area contributed by atoms with Crippen molar-refractivity contribution in [3.63, 3.8) is 0 Å². The Balaban J connectivity index is 1.90. The monoisotopic (exact) mass is 360 g/mol. The van der Waals surface area contributed by atoms with E-state index in [9.17, 15) is 22.4 Å². The van der Waals surface area contributed by atoms with Gasteiger partial charge in [-0.1, -0.05) is 23.7 Å². The number of halogens is 5. The average Bonchev–Trinajstić information content (AvgIpc) is 2.88. The van der Waals surface area contributed by atoms with E-state index in [1.165, 1.54) is 24.4 Å². The molecule has 9 heteroatoms. The molecule has 2 heterocycles. The van der Waals surface area contributed by atoms with Crippen LogP contribution in [0.3, 0.4) is 0 Å². The van der Waals surface area contributed by atoms with Gasteiger partial charge in [0, 0.05) is 18.3 Å². The van der Waals surface area contributed by atoms with E-state index in [4.69, 9.17) is 11.6 Å². The lowest BCUT2D eigenvalue weighted by Crippen LogP contribution is -2.30. The molecular formula is C15H9ClF4N2O2. The maximum Gasteiger partial charge on any atom is 0.490 e. The minimum absolute atomic E-state index is 0.0951. The number of hydrogen-bond acceptors (Lipinski definition) is 4. The molecule has 4 nitrogen and oxygen atoms in total. The van der Waals surface area contributed by atoms with Gasteiger partial charge in [-0.15, -0.1) is 0 Å². The fraction of sp³-hybridized carbons (Fsp3) is 0.200. The van der Waals surface area contributed by atoms with Crippen molar-refractivity contribution in [3.05, 3.63) is 52.6 Å². The molecule has 0 saturated heterocycles. The number of ether oxygens (including phenoxy) is 1. The third-order valence-corrected chi connectivity index (χ3v) is 3.82. The zero-order valence-corrected chi connectivity index (χ0v) is 12.6. The topological polar surface area (TPSA) is 51.2 Å². The Morgan fingerprint density at radius 1 is 1.33 bits per heavy atom. The van der Waals surface area contributed by atoms with Crippen LogP contribution in [0.25, 0.3) is 11.1 Å². The van der Waals surface area contributed by atoms with Crippen LogP contribution < -0.4 is 5.32 Å². The summed E-state index contributed by atoms with van der Waals surface area (Å²) in [6, 6.07) is 5.93. The lowest BCUT2D eigenvalue weighted by Gasteiger charge is -2.15. The fourth-order valence-corrected chi connectivity index (χ4v) is 2.68. The zero-order valence-electron chi connectivity index (χ0n) is 11.8. The number of hydrogen-bond donors (Lipinski definition) is 1. The first kappa shape index (κ1) is 16.7. The zero-order chi connectivity index (χ0) is 17.5. The van der Waals surface area contributed by atoms with E-state index in [2.05, 4.69) is 15.0 Å². The molecule has 1 aliphatic heterocycles. The molecule has 24 heavy (non-hydrogen) atoms. The number of alkyl halides is 3. The lowest BCUT2D eigenvalue weighted by molar-refractivity contribution is -0.206. The number of nitrogens with zero attached hydrogens (tertiary/aromatic N) is 1. The molecule has 1 aromatic heterocycles. The van der Waals surface area contributed by atoms with Crippen molar-refractivity contribution in [3.8, 4) is 11.1 Å². The van der Waals surface area contributed by atoms with Crippen LogP contribution in [-0.2, 0) is 16.1 Å². The van der Waals surface area contributed by atoms with Gasteiger partial charge in [0.2, 0.25) is 5.95 Å². The van der Waals surface area contributed by atoms with Gasteiger partial charge in [-0.2, -0.15) is 17.6 Å². The summed E-state index contributed by atoms with van der Waals surface area (Å²) < 4.78 is 55.1. The van der Waals surface area contributed by atoms with Crippen molar-refractivity contribution in [2.45, 2.75) is 18.9 Å². The van der Waals surface area contributed by atoms with Gasteiger partial charge >= 0.3 is 12.1 Å². The summed E-state index contributed by atoms with van der Waals surface area (Å²) in [5.41, 5.74) is 1.47. The van der Waals surface area contributed by atoms with Crippen LogP contribution in [-0.4, -0.2) is 17.1 Å². The fourth-order valence-electron chi connectivity index (χ4n) is 2.43. The minimum Gasteiger partial charge on any atom is -0.436 e. The number of pyridine rings is 1. The number of fused-ring (bicyclic) bond motifs is 1. The van der Waals surface area contributed by atoms with Gasteiger partial charge in [0.1, 0.15) is 0 Å². The number of carbonyl (C=O) groups excluding carboxylic acids is 1. The van der Waals surface area contributed by atoms with Crippen molar-refractivity contribution >= 4 is 17.6 Å². The number of esters is 1. The maximum atomic E-state index is 13.9. The van der Waals surface area contributed by atoms with Crippen LogP contribution in [0, 0.1) is 5.95 Å². The molecule has 0 radical (unpaired) electrons. The molecule has 3 rings (SSSR count). The summed E-state index contributed by atoms with van der Waals surface area (Å²) in [6.07, 6.45) is -5.06. The van der Waals surface area contributed by atoms with E-state index in [0.717, 1.165) is 0 Å². The van der Waals surface area contributed by atoms with E-state index in [0.29, 0.717) is 16.7 Å². The Kier molecular flexibility index (Phi) is 4.18. The highest BCUT2D eigenvalue weighted by molar-refractivity contribution is 6.33. The maximum absolute atomic E-state index is 13.9. The predicted octanol–water partition coefficient (Wildman–Crippen LogP) is 3.75. The molecule has 1 aliphatic rings. The predicted molar refractivity (Wildman–Crippen MR) is 76.4 cm³/mol. The standard InChI is InChI=1S/C15H9ClF4N2O2/c16-10-3-4-21-12(17)11(10)7-1-2-9-8(5-7)6-22-13(9)24-14(23)15(18,19)20/h1-5,13,22H,6H2. The molecule has 0 spiro atoms. The largest absolute Gasteiger partial charge is 0.490 e. The molecule has 2 aromatic rings. The molecule has 0 saturated carbocycles. The second-order valence-electron chi connectivity index (χ2n) is 5.04. The van der Waals surface area contributed by atoms with Crippen LogP contribution in [0.4, 0.5) is 17.6 Å². The molecule has 0 aliphatic carbocycles. The van der Waals surface area contributed by atoms with Gasteiger partial charge in [0.25, 0.3) is 0 Å². The van der Waals surface area contributed by atoms with Crippen molar-refractivity contribution < 1.29 is 27.1 Å². The lowest BCUT2D eigenvalue weighted by atomic mass is 10.0. The van der Waals surface area contributed by atoms with Crippen LogP contribution >= 0.6 is 11.6 Å². The number of carbonyl (C=O) groups is 1. The van der Waals surface area contributed by atoms with Gasteiger partial charge in [-0.05, 0) is 23.3 Å². The Hall–Kier alpha value is -2.19. The first-order valence-electron chi connectivity index (χ1n) is 6.72. The Labute approximate surface area is 138 Å². The molecule has 0 fully saturated rings. The first-order valence-corrected chi connectivity index (χ1v) is 7.09. The van der Waals surface area contributed by atoms with Gasteiger partial charge in [-0.3, -0.25) is 5.32 Å². The van der Waals surface area contributed by atoms with E-state index < -0.39 is 24.3 Å². The number of nitrogens with one attached hydrogen (secondary N) is 1. The molecule has 1 unspecified atom stereocenters. The molecular weight excluding hydrogens is 352 g/mol. The summed E-state index contributed by atoms with van der Waals surface area (Å²) in [5.74, 6) is -3.04. The molecule has 1 aromatic carbocycles. The smallest absolute Gasteiger partial charge is 0.436 e. The molecule has 126 valence electrons. The van der Waals surface area contributed by atoms with Gasteiger partial charge < -0.3 is 4.74 Å². The van der Waals surface area contributed by atoms with E-state index in [1.54, 1.807) is 6.07 Å². The van der Waals surface area contributed by atoms with Crippen LogP contribution in [0.5, 0.6) is 0 Å². The molecule has 1 N–H and O–H groups in total. The van der Waals surface area contributed by atoms with Gasteiger partial charge in [-0.25, -0.2) is 9.78 Å². The van der Waals surface area contributed by atoms with Crippen molar-refractivity contribution in [2.24, 2.45) is 0 Å². The van der Waals surface area contributed by atoms with Crippen molar-refractivity contribution in [2.75, 3.05) is 0 Å². The third-order valence-electron chi connectivity index (χ3n) is 3.50. The average molecular weight is 361 g/mol. The third kappa shape index (κ3) is 3.07. The molecule has 0 amide bonds. The quantitative estimate of drug-likeness (QED) is 0.503. The van der Waals surface area contributed by atoms with E-state index in [1.807, 2.05) is 0 Å². The van der Waals surface area contributed by atoms with E-state index >= 15 is 0 Å². The Morgan fingerprint density at radius 3 is 2.75 bits per heavy atom. The Morgan fingerprint density at radius 2 is 2.08 bits per heavy atom. The highest BCUT2D eigenvalue weighted by Gasteiger charge is 2.43. The first-order chi connectivity index (χ1) is 11.3. The molecule has 0 bridgehead atoms. The molecule has 1 atom stereocenters. The van der Waals surface area contributed by atoms with Crippen molar-refractivity contribution in [1.82, 2.24) is 10.3 Å². The highest BCUT2D eigenvalue weighted by atomic mass is 35.5. The normalized spacial score (nSPS) is 16.8. The minimum atomic E-state index is -5.07. The summed E-state index contributed by atoms with van der Waals surface area (Å²) in [6.45, 7) is 0.165. The second-order valence-corrected chi connectivity index (χ2v) is 5.44. The second kappa shape index (κ2) is 6.03. The highest BCUT2D eigenvalue weighted by Crippen LogP contribution is 2.35. The van der Waals surface area contributed by atoms with Gasteiger partial charge in [0.15, 0.2) is 6.23 Å². The summed E-state index contributed by atoms with van der Waals surface area (Å²) in [7, 11) is 0. The van der Waals surface area contributed by atoms with Crippen LogP contribution in [0.1, 0.15) is 17.4 Å². The van der Waals surface area contributed by atoms with Crippen LogP contribution in [0.15, 0.2) is 30.5 Å².